The lowest BCUT2D eigenvalue weighted by molar-refractivity contribution is 0.394. The minimum atomic E-state index is -4.10. The summed E-state index contributed by atoms with van der Waals surface area (Å²) in [7, 11) is -1.23. The number of fused-ring (bicyclic) bond motifs is 1. The van der Waals surface area contributed by atoms with Crippen LogP contribution in [0.2, 0.25) is 5.02 Å². The number of nitrogens with one attached hydrogen (secondary N) is 1. The topological polar surface area (TPSA) is 108 Å². The first kappa shape index (κ1) is 17.2. The largest absolute Gasteiger partial charge is 0.495 e. The molecule has 1 N–H and O–H groups in total. The van der Waals surface area contributed by atoms with Gasteiger partial charge in [-0.05, 0) is 19.1 Å². The van der Waals surface area contributed by atoms with Crippen molar-refractivity contribution in [2.24, 2.45) is 0 Å². The van der Waals surface area contributed by atoms with Crippen LogP contribution in [0.5, 0.6) is 11.6 Å². The van der Waals surface area contributed by atoms with E-state index in [2.05, 4.69) is 19.8 Å². The lowest BCUT2D eigenvalue weighted by Gasteiger charge is -2.11. The van der Waals surface area contributed by atoms with Crippen molar-refractivity contribution in [3.8, 4) is 11.6 Å². The maximum Gasteiger partial charge on any atom is 0.299 e. The predicted octanol–water partition coefficient (Wildman–Crippen LogP) is 1.90. The number of methoxy groups -OCH3 is 2. The number of aryl methyl sites for hydroxylation is 1. The van der Waals surface area contributed by atoms with Crippen LogP contribution in [-0.4, -0.2) is 42.2 Å². The molecule has 0 aliphatic heterocycles. The SMILES string of the molecule is COc1cccc(Cl)c1NS(=O)(=O)c1nc2nc(OC)c(C)cn2n1. The highest BCUT2D eigenvalue weighted by Gasteiger charge is 2.24. The van der Waals surface area contributed by atoms with Gasteiger partial charge in [0.05, 0.1) is 19.2 Å². The standard InChI is InChI=1S/C14H14ClN5O4S/c1-8-7-20-13(16-12(8)24-3)17-14(18-20)25(21,22)19-11-9(15)5-4-6-10(11)23-2/h4-7,19H,1-3H3. The molecular formula is C14H14ClN5O4S. The first-order chi connectivity index (χ1) is 11.9. The fourth-order valence-corrected chi connectivity index (χ4v) is 3.39. The third-order valence-corrected chi connectivity index (χ3v) is 4.76. The smallest absolute Gasteiger partial charge is 0.299 e. The molecular weight excluding hydrogens is 370 g/mol. The van der Waals surface area contributed by atoms with Crippen LogP contribution >= 0.6 is 11.6 Å². The molecule has 0 aliphatic carbocycles. The minimum Gasteiger partial charge on any atom is -0.495 e. The summed E-state index contributed by atoms with van der Waals surface area (Å²) < 4.78 is 39.0. The molecule has 132 valence electrons. The number of sulfonamides is 1. The Hall–Kier alpha value is -2.59. The summed E-state index contributed by atoms with van der Waals surface area (Å²) in [4.78, 5) is 8.05. The number of hydrogen-bond donors (Lipinski definition) is 1. The predicted molar refractivity (Wildman–Crippen MR) is 90.9 cm³/mol. The Morgan fingerprint density at radius 2 is 1.96 bits per heavy atom. The van der Waals surface area contributed by atoms with Crippen molar-refractivity contribution in [3.63, 3.8) is 0 Å². The summed E-state index contributed by atoms with van der Waals surface area (Å²) in [5.41, 5.74) is 0.789. The molecule has 3 rings (SSSR count). The molecule has 0 unspecified atom stereocenters. The zero-order valence-electron chi connectivity index (χ0n) is 13.5. The second kappa shape index (κ2) is 6.37. The number of halogens is 1. The molecule has 25 heavy (non-hydrogen) atoms. The molecule has 0 spiro atoms. The lowest BCUT2D eigenvalue weighted by atomic mass is 10.3. The molecule has 0 saturated heterocycles. The molecule has 11 heteroatoms. The normalized spacial score (nSPS) is 11.5. The van der Waals surface area contributed by atoms with E-state index in [1.54, 1.807) is 25.3 Å². The highest BCUT2D eigenvalue weighted by atomic mass is 35.5. The fraction of sp³-hybridized carbons (Fsp3) is 0.214. The summed E-state index contributed by atoms with van der Waals surface area (Å²) in [6, 6.07) is 4.76. The third-order valence-electron chi connectivity index (χ3n) is 3.31. The highest BCUT2D eigenvalue weighted by Crippen LogP contribution is 2.33. The van der Waals surface area contributed by atoms with E-state index >= 15 is 0 Å². The Morgan fingerprint density at radius 1 is 1.20 bits per heavy atom. The minimum absolute atomic E-state index is 0.0916. The van der Waals surface area contributed by atoms with Crippen molar-refractivity contribution in [2.75, 3.05) is 18.9 Å². The van der Waals surface area contributed by atoms with E-state index in [4.69, 9.17) is 21.1 Å². The molecule has 9 nitrogen and oxygen atoms in total. The molecule has 0 radical (unpaired) electrons. The zero-order chi connectivity index (χ0) is 18.2. The van der Waals surface area contributed by atoms with Crippen LogP contribution in [0.25, 0.3) is 5.78 Å². The molecule has 0 bridgehead atoms. The average molecular weight is 384 g/mol. The van der Waals surface area contributed by atoms with Crippen LogP contribution in [0, 0.1) is 6.92 Å². The molecule has 0 aliphatic rings. The van der Waals surface area contributed by atoms with Crippen molar-refractivity contribution in [1.82, 2.24) is 19.6 Å². The van der Waals surface area contributed by atoms with Gasteiger partial charge in [0.2, 0.25) is 5.88 Å². The molecule has 3 aromatic rings. The van der Waals surface area contributed by atoms with Crippen molar-refractivity contribution < 1.29 is 17.9 Å². The van der Waals surface area contributed by atoms with Gasteiger partial charge in [-0.25, -0.2) is 4.52 Å². The van der Waals surface area contributed by atoms with Crippen molar-refractivity contribution in [1.29, 1.82) is 0 Å². The highest BCUT2D eigenvalue weighted by molar-refractivity contribution is 7.92. The van der Waals surface area contributed by atoms with Gasteiger partial charge >= 0.3 is 0 Å². The molecule has 1 aromatic carbocycles. The Balaban J connectivity index is 2.05. The Kier molecular flexibility index (Phi) is 4.39. The van der Waals surface area contributed by atoms with E-state index in [0.717, 1.165) is 0 Å². The van der Waals surface area contributed by atoms with Gasteiger partial charge in [-0.1, -0.05) is 17.7 Å². The molecule has 0 saturated carbocycles. The van der Waals surface area contributed by atoms with Gasteiger partial charge in [-0.3, -0.25) is 4.72 Å². The van der Waals surface area contributed by atoms with Gasteiger partial charge in [-0.15, -0.1) is 5.10 Å². The Morgan fingerprint density at radius 3 is 2.64 bits per heavy atom. The van der Waals surface area contributed by atoms with Crippen LogP contribution < -0.4 is 14.2 Å². The summed E-state index contributed by atoms with van der Waals surface area (Å²) >= 11 is 6.06. The number of hydrogen-bond acceptors (Lipinski definition) is 7. The maximum atomic E-state index is 12.6. The number of rotatable bonds is 5. The number of aromatic nitrogens is 4. The van der Waals surface area contributed by atoms with E-state index < -0.39 is 15.2 Å². The van der Waals surface area contributed by atoms with E-state index in [1.165, 1.54) is 24.8 Å². The molecule has 0 fully saturated rings. The van der Waals surface area contributed by atoms with Crippen LogP contribution in [-0.2, 0) is 10.0 Å². The van der Waals surface area contributed by atoms with E-state index in [0.29, 0.717) is 11.4 Å². The summed E-state index contributed by atoms with van der Waals surface area (Å²) in [6.07, 6.45) is 1.57. The van der Waals surface area contributed by atoms with Gasteiger partial charge in [0.25, 0.3) is 21.0 Å². The Labute approximate surface area is 148 Å². The van der Waals surface area contributed by atoms with E-state index in [1.807, 2.05) is 0 Å². The molecule has 0 atom stereocenters. The Bertz CT molecular complexity index is 1050. The molecule has 0 amide bonds. The van der Waals surface area contributed by atoms with Crippen LogP contribution in [0.3, 0.4) is 0 Å². The van der Waals surface area contributed by atoms with Crippen LogP contribution in [0.15, 0.2) is 29.6 Å². The first-order valence-electron chi connectivity index (χ1n) is 6.99. The fourth-order valence-electron chi connectivity index (χ4n) is 2.15. The van der Waals surface area contributed by atoms with E-state index in [9.17, 15) is 8.42 Å². The quantitative estimate of drug-likeness (QED) is 0.716. The summed E-state index contributed by atoms with van der Waals surface area (Å²) in [5.74, 6) is 0.703. The number of ether oxygens (including phenoxy) is 2. The lowest BCUT2D eigenvalue weighted by Crippen LogP contribution is -2.15. The average Bonchev–Trinajstić information content (AvgIpc) is 2.99. The number of benzene rings is 1. The van der Waals surface area contributed by atoms with Crippen LogP contribution in [0.4, 0.5) is 5.69 Å². The number of nitrogens with zero attached hydrogens (tertiary/aromatic N) is 4. The number of anilines is 1. The molecule has 2 aromatic heterocycles. The van der Waals surface area contributed by atoms with E-state index in [-0.39, 0.29) is 22.2 Å². The monoisotopic (exact) mass is 383 g/mol. The van der Waals surface area contributed by atoms with Gasteiger partial charge in [-0.2, -0.15) is 18.4 Å². The second-order valence-electron chi connectivity index (χ2n) is 4.99. The molecule has 2 heterocycles. The van der Waals surface area contributed by atoms with Crippen LogP contribution in [0.1, 0.15) is 5.56 Å². The summed E-state index contributed by atoms with van der Waals surface area (Å²) in [5, 5.41) is 3.69. The van der Waals surface area contributed by atoms with Gasteiger partial charge in [0.15, 0.2) is 0 Å². The summed E-state index contributed by atoms with van der Waals surface area (Å²) in [6.45, 7) is 1.76. The van der Waals surface area contributed by atoms with Gasteiger partial charge in [0.1, 0.15) is 11.4 Å². The third kappa shape index (κ3) is 3.17. The van der Waals surface area contributed by atoms with Gasteiger partial charge < -0.3 is 9.47 Å². The maximum absolute atomic E-state index is 12.6. The van der Waals surface area contributed by atoms with Gasteiger partial charge in [0, 0.05) is 11.8 Å². The first-order valence-corrected chi connectivity index (χ1v) is 8.85. The van der Waals surface area contributed by atoms with Crippen molar-refractivity contribution in [3.05, 3.63) is 35.0 Å². The van der Waals surface area contributed by atoms with Crippen molar-refractivity contribution in [2.45, 2.75) is 12.1 Å². The zero-order valence-corrected chi connectivity index (χ0v) is 15.1. The van der Waals surface area contributed by atoms with Crippen molar-refractivity contribution >= 4 is 33.1 Å². The number of para-hydroxylation sites is 1. The second-order valence-corrected chi connectivity index (χ2v) is 6.98.